The van der Waals surface area contributed by atoms with E-state index in [0.29, 0.717) is 24.5 Å². The van der Waals surface area contributed by atoms with Gasteiger partial charge in [-0.2, -0.15) is 0 Å². The SMILES string of the molecule is COc1ccc(Cl)c(CN2C[C@@H](O)C[C@H]2CO)c1. The first-order valence-electron chi connectivity index (χ1n) is 5.99. The lowest BCUT2D eigenvalue weighted by Gasteiger charge is -2.23. The highest BCUT2D eigenvalue weighted by atomic mass is 35.5. The number of ether oxygens (including phenoxy) is 1. The van der Waals surface area contributed by atoms with E-state index in [0.717, 1.165) is 11.3 Å². The molecule has 1 heterocycles. The lowest BCUT2D eigenvalue weighted by molar-refractivity contribution is 0.150. The van der Waals surface area contributed by atoms with Crippen LogP contribution in [-0.4, -0.2) is 47.5 Å². The Morgan fingerprint density at radius 3 is 2.94 bits per heavy atom. The van der Waals surface area contributed by atoms with Crippen LogP contribution in [0.1, 0.15) is 12.0 Å². The van der Waals surface area contributed by atoms with Crippen LogP contribution in [0.15, 0.2) is 18.2 Å². The third-order valence-corrected chi connectivity index (χ3v) is 3.71. The summed E-state index contributed by atoms with van der Waals surface area (Å²) in [6.45, 7) is 1.23. The smallest absolute Gasteiger partial charge is 0.119 e. The number of β-amino-alcohol motifs (C(OH)–C–C–N with tert-alkyl or cyclic N) is 1. The number of hydrogen-bond acceptors (Lipinski definition) is 4. The molecule has 2 atom stereocenters. The van der Waals surface area contributed by atoms with Crippen molar-refractivity contribution in [3.05, 3.63) is 28.8 Å². The summed E-state index contributed by atoms with van der Waals surface area (Å²) in [7, 11) is 1.61. The van der Waals surface area contributed by atoms with Crippen molar-refractivity contribution in [1.82, 2.24) is 4.90 Å². The molecule has 2 N–H and O–H groups in total. The second kappa shape index (κ2) is 5.89. The highest BCUT2D eigenvalue weighted by Crippen LogP contribution is 2.26. The zero-order chi connectivity index (χ0) is 13.1. The Labute approximate surface area is 112 Å². The molecule has 1 fully saturated rings. The Kier molecular flexibility index (Phi) is 4.45. The zero-order valence-corrected chi connectivity index (χ0v) is 11.1. The number of likely N-dealkylation sites (tertiary alicyclic amines) is 1. The van der Waals surface area contributed by atoms with E-state index in [2.05, 4.69) is 0 Å². The largest absolute Gasteiger partial charge is 0.497 e. The molecule has 0 aromatic heterocycles. The van der Waals surface area contributed by atoms with E-state index >= 15 is 0 Å². The summed E-state index contributed by atoms with van der Waals surface area (Å²) >= 11 is 6.15. The van der Waals surface area contributed by atoms with E-state index in [1.165, 1.54) is 0 Å². The molecule has 0 bridgehead atoms. The molecule has 1 aliphatic rings. The molecule has 0 radical (unpaired) electrons. The van der Waals surface area contributed by atoms with Crippen LogP contribution in [0, 0.1) is 0 Å². The molecule has 0 spiro atoms. The molecule has 4 nitrogen and oxygen atoms in total. The van der Waals surface area contributed by atoms with Crippen molar-refractivity contribution in [3.63, 3.8) is 0 Å². The molecular formula is C13H18ClNO3. The van der Waals surface area contributed by atoms with Crippen molar-refractivity contribution in [2.75, 3.05) is 20.3 Å². The van der Waals surface area contributed by atoms with Crippen LogP contribution in [0.5, 0.6) is 5.75 Å². The lowest BCUT2D eigenvalue weighted by Crippen LogP contribution is -2.32. The van der Waals surface area contributed by atoms with Gasteiger partial charge in [0.2, 0.25) is 0 Å². The molecule has 0 saturated carbocycles. The average molecular weight is 272 g/mol. The zero-order valence-electron chi connectivity index (χ0n) is 10.3. The first kappa shape index (κ1) is 13.6. The van der Waals surface area contributed by atoms with Gasteiger partial charge in [-0.05, 0) is 30.2 Å². The van der Waals surface area contributed by atoms with Crippen molar-refractivity contribution in [2.24, 2.45) is 0 Å². The third-order valence-electron chi connectivity index (χ3n) is 3.34. The van der Waals surface area contributed by atoms with Gasteiger partial charge in [0.05, 0.1) is 19.8 Å². The number of benzene rings is 1. The normalized spacial score (nSPS) is 24.4. The van der Waals surface area contributed by atoms with Gasteiger partial charge in [0, 0.05) is 24.2 Å². The number of halogens is 1. The summed E-state index contributed by atoms with van der Waals surface area (Å²) in [4.78, 5) is 2.05. The van der Waals surface area contributed by atoms with Crippen molar-refractivity contribution >= 4 is 11.6 Å². The van der Waals surface area contributed by atoms with Crippen molar-refractivity contribution in [1.29, 1.82) is 0 Å². The minimum Gasteiger partial charge on any atom is -0.497 e. The van der Waals surface area contributed by atoms with Crippen LogP contribution in [0.2, 0.25) is 5.02 Å². The fourth-order valence-corrected chi connectivity index (χ4v) is 2.54. The van der Waals surface area contributed by atoms with E-state index in [1.807, 2.05) is 17.0 Å². The first-order valence-corrected chi connectivity index (χ1v) is 6.37. The van der Waals surface area contributed by atoms with Crippen molar-refractivity contribution < 1.29 is 14.9 Å². The molecule has 1 aromatic carbocycles. The Balaban J connectivity index is 2.13. The molecule has 0 aliphatic carbocycles. The number of nitrogens with zero attached hydrogens (tertiary/aromatic N) is 1. The molecule has 1 aliphatic heterocycles. The van der Waals surface area contributed by atoms with Gasteiger partial charge in [0.15, 0.2) is 0 Å². The molecular weight excluding hydrogens is 254 g/mol. The van der Waals surface area contributed by atoms with Gasteiger partial charge in [0.25, 0.3) is 0 Å². The summed E-state index contributed by atoms with van der Waals surface area (Å²) < 4.78 is 5.17. The molecule has 0 unspecified atom stereocenters. The van der Waals surface area contributed by atoms with Crippen molar-refractivity contribution in [2.45, 2.75) is 25.1 Å². The molecule has 1 aromatic rings. The predicted octanol–water partition coefficient (Wildman–Crippen LogP) is 1.28. The van der Waals surface area contributed by atoms with E-state index in [4.69, 9.17) is 16.3 Å². The van der Waals surface area contributed by atoms with Crippen molar-refractivity contribution in [3.8, 4) is 5.75 Å². The maximum Gasteiger partial charge on any atom is 0.119 e. The Morgan fingerprint density at radius 1 is 1.50 bits per heavy atom. The summed E-state index contributed by atoms with van der Waals surface area (Å²) in [5, 5.41) is 19.6. The molecule has 2 rings (SSSR count). The molecule has 18 heavy (non-hydrogen) atoms. The summed E-state index contributed by atoms with van der Waals surface area (Å²) in [6, 6.07) is 5.51. The van der Waals surface area contributed by atoms with Gasteiger partial charge in [-0.1, -0.05) is 11.6 Å². The van der Waals surface area contributed by atoms with Crippen LogP contribution in [0.4, 0.5) is 0 Å². The fourth-order valence-electron chi connectivity index (χ4n) is 2.36. The molecule has 0 amide bonds. The van der Waals surface area contributed by atoms with Gasteiger partial charge in [-0.3, -0.25) is 4.90 Å². The summed E-state index contributed by atoms with van der Waals surface area (Å²) in [5.41, 5.74) is 0.948. The van der Waals surface area contributed by atoms with Crippen LogP contribution in [-0.2, 0) is 6.54 Å². The van der Waals surface area contributed by atoms with E-state index in [9.17, 15) is 10.2 Å². The standard InChI is InChI=1S/C13H18ClNO3/c1-18-12-2-3-13(14)9(4-12)6-15-7-11(17)5-10(15)8-16/h2-4,10-11,16-17H,5-8H2,1H3/t10-,11-/m0/s1. The second-order valence-electron chi connectivity index (χ2n) is 4.61. The van der Waals surface area contributed by atoms with Gasteiger partial charge < -0.3 is 14.9 Å². The minimum absolute atomic E-state index is 0.00210. The summed E-state index contributed by atoms with van der Waals surface area (Å²) in [5.74, 6) is 0.759. The number of aliphatic hydroxyl groups is 2. The maximum atomic E-state index is 9.64. The number of hydrogen-bond donors (Lipinski definition) is 2. The highest BCUT2D eigenvalue weighted by molar-refractivity contribution is 6.31. The van der Waals surface area contributed by atoms with Gasteiger partial charge in [0.1, 0.15) is 5.75 Å². The number of methoxy groups -OCH3 is 1. The second-order valence-corrected chi connectivity index (χ2v) is 5.02. The van der Waals surface area contributed by atoms with Crippen LogP contribution in [0.25, 0.3) is 0 Å². The van der Waals surface area contributed by atoms with E-state index in [-0.39, 0.29) is 18.8 Å². The van der Waals surface area contributed by atoms with Gasteiger partial charge in [-0.15, -0.1) is 0 Å². The van der Waals surface area contributed by atoms with E-state index in [1.54, 1.807) is 13.2 Å². The van der Waals surface area contributed by atoms with Crippen LogP contribution < -0.4 is 4.74 Å². The predicted molar refractivity (Wildman–Crippen MR) is 69.9 cm³/mol. The maximum absolute atomic E-state index is 9.64. The van der Waals surface area contributed by atoms with Crippen LogP contribution >= 0.6 is 11.6 Å². The summed E-state index contributed by atoms with van der Waals surface area (Å²) in [6.07, 6.45) is 0.240. The van der Waals surface area contributed by atoms with Gasteiger partial charge in [-0.25, -0.2) is 0 Å². The van der Waals surface area contributed by atoms with E-state index < -0.39 is 0 Å². The monoisotopic (exact) mass is 271 g/mol. The third kappa shape index (κ3) is 2.95. The molecule has 1 saturated heterocycles. The molecule has 100 valence electrons. The quantitative estimate of drug-likeness (QED) is 0.866. The topological polar surface area (TPSA) is 52.9 Å². The number of rotatable bonds is 4. The average Bonchev–Trinajstić information content (AvgIpc) is 2.72. The van der Waals surface area contributed by atoms with Crippen LogP contribution in [0.3, 0.4) is 0 Å². The fraction of sp³-hybridized carbons (Fsp3) is 0.538. The Morgan fingerprint density at radius 2 is 2.28 bits per heavy atom. The Hall–Kier alpha value is -0.810. The first-order chi connectivity index (χ1) is 8.63. The number of aliphatic hydroxyl groups excluding tert-OH is 2. The highest BCUT2D eigenvalue weighted by Gasteiger charge is 2.30. The van der Waals surface area contributed by atoms with Gasteiger partial charge >= 0.3 is 0 Å². The minimum atomic E-state index is -0.369. The Bertz CT molecular complexity index is 413. The molecule has 5 heteroatoms. The lowest BCUT2D eigenvalue weighted by atomic mass is 10.1.